The number of nitrogens with zero attached hydrogens (tertiary/aromatic N) is 3. The quantitative estimate of drug-likeness (QED) is 0.937. The maximum atomic E-state index is 11.5. The summed E-state index contributed by atoms with van der Waals surface area (Å²) in [4.78, 5) is 11.5. The minimum absolute atomic E-state index is 0.103. The highest BCUT2D eigenvalue weighted by molar-refractivity contribution is 5.86. The summed E-state index contributed by atoms with van der Waals surface area (Å²) in [5.41, 5.74) is 3.00. The number of aromatic nitrogens is 3. The summed E-state index contributed by atoms with van der Waals surface area (Å²) in [7, 11) is 0. The molecule has 0 spiro atoms. The van der Waals surface area contributed by atoms with Crippen LogP contribution in [-0.2, 0) is 6.42 Å². The lowest BCUT2D eigenvalue weighted by molar-refractivity contribution is 0.0688. The Hall–Kier alpha value is -2.17. The van der Waals surface area contributed by atoms with Gasteiger partial charge in [-0.3, -0.25) is 0 Å². The Labute approximate surface area is 130 Å². The van der Waals surface area contributed by atoms with Crippen LogP contribution < -0.4 is 0 Å². The van der Waals surface area contributed by atoms with Crippen LogP contribution in [0.3, 0.4) is 0 Å². The molecule has 0 amide bonds. The van der Waals surface area contributed by atoms with Crippen molar-refractivity contribution >= 4 is 5.97 Å². The van der Waals surface area contributed by atoms with Gasteiger partial charge in [0.2, 0.25) is 0 Å². The molecular formula is C17H21N3O2. The first-order valence-electron chi connectivity index (χ1n) is 7.99. The topological polar surface area (TPSA) is 68.0 Å². The van der Waals surface area contributed by atoms with Crippen LogP contribution in [0.15, 0.2) is 24.3 Å². The van der Waals surface area contributed by atoms with Crippen molar-refractivity contribution in [3.05, 3.63) is 41.2 Å². The van der Waals surface area contributed by atoms with Gasteiger partial charge >= 0.3 is 5.97 Å². The third kappa shape index (κ3) is 2.75. The van der Waals surface area contributed by atoms with Crippen molar-refractivity contribution in [2.45, 2.75) is 51.4 Å². The second-order valence-electron chi connectivity index (χ2n) is 5.90. The maximum absolute atomic E-state index is 11.5. The zero-order chi connectivity index (χ0) is 15.5. The van der Waals surface area contributed by atoms with Gasteiger partial charge in [-0.2, -0.15) is 0 Å². The zero-order valence-corrected chi connectivity index (χ0v) is 12.8. The molecule has 1 aromatic carbocycles. The van der Waals surface area contributed by atoms with E-state index in [-0.39, 0.29) is 11.6 Å². The molecule has 5 nitrogen and oxygen atoms in total. The Morgan fingerprint density at radius 3 is 2.50 bits per heavy atom. The van der Waals surface area contributed by atoms with Crippen LogP contribution in [0, 0.1) is 0 Å². The van der Waals surface area contributed by atoms with E-state index in [1.807, 2.05) is 12.1 Å². The number of carboxylic acids is 1. The summed E-state index contributed by atoms with van der Waals surface area (Å²) >= 11 is 0. The molecule has 1 aromatic heterocycles. The lowest BCUT2D eigenvalue weighted by Crippen LogP contribution is -2.14. The predicted molar refractivity (Wildman–Crippen MR) is 83.5 cm³/mol. The lowest BCUT2D eigenvalue weighted by Gasteiger charge is -2.22. The average molecular weight is 299 g/mol. The number of benzene rings is 1. The minimum Gasteiger partial charge on any atom is -0.476 e. The van der Waals surface area contributed by atoms with Crippen LogP contribution in [0.5, 0.6) is 0 Å². The predicted octanol–water partition coefficient (Wildman–Crippen LogP) is 3.58. The Kier molecular flexibility index (Phi) is 4.22. The Morgan fingerprint density at radius 2 is 1.91 bits per heavy atom. The van der Waals surface area contributed by atoms with Crippen LogP contribution >= 0.6 is 0 Å². The molecule has 0 radical (unpaired) electrons. The van der Waals surface area contributed by atoms with Gasteiger partial charge in [-0.05, 0) is 37.0 Å². The largest absolute Gasteiger partial charge is 0.476 e. The molecule has 2 aromatic rings. The van der Waals surface area contributed by atoms with E-state index in [1.54, 1.807) is 4.68 Å². The summed E-state index contributed by atoms with van der Waals surface area (Å²) in [6, 6.07) is 8.10. The number of aryl methyl sites for hydroxylation is 1. The molecule has 3 rings (SSSR count). The highest BCUT2D eigenvalue weighted by Crippen LogP contribution is 2.34. The standard InChI is InChI=1S/C17H21N3O2/c1-2-12-8-10-14(11-9-12)20-16(13-6-4-3-5-7-13)15(17(21)22)18-19-20/h8-11,13H,2-7H2,1H3,(H,21,22). The van der Waals surface area contributed by atoms with Crippen LogP contribution in [0.1, 0.15) is 66.7 Å². The van der Waals surface area contributed by atoms with Gasteiger partial charge in [-0.1, -0.05) is 43.5 Å². The minimum atomic E-state index is -0.989. The lowest BCUT2D eigenvalue weighted by atomic mass is 9.86. The summed E-state index contributed by atoms with van der Waals surface area (Å²) in [5, 5.41) is 17.5. The smallest absolute Gasteiger partial charge is 0.358 e. The van der Waals surface area contributed by atoms with E-state index < -0.39 is 5.97 Å². The van der Waals surface area contributed by atoms with Crippen molar-refractivity contribution in [2.75, 3.05) is 0 Å². The third-order valence-electron chi connectivity index (χ3n) is 4.49. The summed E-state index contributed by atoms with van der Waals surface area (Å²) < 4.78 is 1.72. The molecule has 1 fully saturated rings. The summed E-state index contributed by atoms with van der Waals surface area (Å²) in [5.74, 6) is -0.752. The molecule has 5 heteroatoms. The van der Waals surface area contributed by atoms with E-state index in [1.165, 1.54) is 12.0 Å². The molecule has 0 saturated heterocycles. The molecule has 0 bridgehead atoms. The molecule has 0 unspecified atom stereocenters. The van der Waals surface area contributed by atoms with Crippen molar-refractivity contribution in [2.24, 2.45) is 0 Å². The molecule has 22 heavy (non-hydrogen) atoms. The van der Waals surface area contributed by atoms with E-state index in [2.05, 4.69) is 29.4 Å². The Bertz CT molecular complexity index is 655. The zero-order valence-electron chi connectivity index (χ0n) is 12.8. The maximum Gasteiger partial charge on any atom is 0.358 e. The van der Waals surface area contributed by atoms with Crippen LogP contribution in [0.25, 0.3) is 5.69 Å². The van der Waals surface area contributed by atoms with Gasteiger partial charge in [0.15, 0.2) is 5.69 Å². The number of carbonyl (C=O) groups is 1. The van der Waals surface area contributed by atoms with Gasteiger partial charge in [-0.25, -0.2) is 9.48 Å². The van der Waals surface area contributed by atoms with Gasteiger partial charge in [0.05, 0.1) is 11.4 Å². The first-order chi connectivity index (χ1) is 10.7. The van der Waals surface area contributed by atoms with Gasteiger partial charge in [0.25, 0.3) is 0 Å². The molecule has 0 aliphatic heterocycles. The van der Waals surface area contributed by atoms with Crippen LogP contribution in [-0.4, -0.2) is 26.1 Å². The number of rotatable bonds is 4. The van der Waals surface area contributed by atoms with E-state index in [0.717, 1.165) is 43.5 Å². The fourth-order valence-electron chi connectivity index (χ4n) is 3.25. The van der Waals surface area contributed by atoms with E-state index >= 15 is 0 Å². The number of aromatic carboxylic acids is 1. The van der Waals surface area contributed by atoms with Crippen molar-refractivity contribution in [3.8, 4) is 5.69 Å². The first-order valence-corrected chi connectivity index (χ1v) is 7.99. The fraction of sp³-hybridized carbons (Fsp3) is 0.471. The third-order valence-corrected chi connectivity index (χ3v) is 4.49. The van der Waals surface area contributed by atoms with Crippen LogP contribution in [0.4, 0.5) is 0 Å². The summed E-state index contributed by atoms with van der Waals surface area (Å²) in [6.07, 6.45) is 6.52. The van der Waals surface area contributed by atoms with Crippen LogP contribution in [0.2, 0.25) is 0 Å². The molecule has 116 valence electrons. The second-order valence-corrected chi connectivity index (χ2v) is 5.90. The molecule has 1 aliphatic rings. The van der Waals surface area contributed by atoms with E-state index in [9.17, 15) is 9.90 Å². The van der Waals surface area contributed by atoms with E-state index in [4.69, 9.17) is 0 Å². The van der Waals surface area contributed by atoms with Gasteiger partial charge < -0.3 is 5.11 Å². The van der Waals surface area contributed by atoms with Crippen molar-refractivity contribution in [3.63, 3.8) is 0 Å². The number of carboxylic acid groups (broad SMARTS) is 1. The SMILES string of the molecule is CCc1ccc(-n2nnc(C(=O)O)c2C2CCCCC2)cc1. The fourth-order valence-corrected chi connectivity index (χ4v) is 3.25. The molecular weight excluding hydrogens is 278 g/mol. The molecule has 0 atom stereocenters. The Balaban J connectivity index is 2.04. The van der Waals surface area contributed by atoms with Crippen molar-refractivity contribution in [1.82, 2.24) is 15.0 Å². The molecule has 1 N–H and O–H groups in total. The van der Waals surface area contributed by atoms with Gasteiger partial charge in [-0.15, -0.1) is 5.10 Å². The second kappa shape index (κ2) is 6.30. The highest BCUT2D eigenvalue weighted by atomic mass is 16.4. The van der Waals surface area contributed by atoms with Gasteiger partial charge in [0, 0.05) is 5.92 Å². The van der Waals surface area contributed by atoms with Crippen molar-refractivity contribution in [1.29, 1.82) is 0 Å². The van der Waals surface area contributed by atoms with E-state index in [0.29, 0.717) is 0 Å². The number of hydrogen-bond acceptors (Lipinski definition) is 3. The highest BCUT2D eigenvalue weighted by Gasteiger charge is 2.28. The first kappa shape index (κ1) is 14.8. The molecule has 1 saturated carbocycles. The summed E-state index contributed by atoms with van der Waals surface area (Å²) in [6.45, 7) is 2.11. The van der Waals surface area contributed by atoms with Gasteiger partial charge in [0.1, 0.15) is 0 Å². The normalized spacial score (nSPS) is 15.9. The Morgan fingerprint density at radius 1 is 1.23 bits per heavy atom. The molecule has 1 heterocycles. The number of hydrogen-bond donors (Lipinski definition) is 1. The average Bonchev–Trinajstić information content (AvgIpc) is 3.01. The monoisotopic (exact) mass is 299 g/mol. The van der Waals surface area contributed by atoms with Crippen molar-refractivity contribution < 1.29 is 9.90 Å². The molecule has 1 aliphatic carbocycles.